The molecule has 84 valence electrons. The average molecular weight is 317 g/mol. The van der Waals surface area contributed by atoms with Gasteiger partial charge in [-0.1, -0.05) is 11.6 Å². The van der Waals surface area contributed by atoms with E-state index in [2.05, 4.69) is 40.3 Å². The molecule has 0 aliphatic carbocycles. The van der Waals surface area contributed by atoms with Gasteiger partial charge >= 0.3 is 0 Å². The first-order valence-corrected chi connectivity index (χ1v) is 6.88. The fourth-order valence-corrected chi connectivity index (χ4v) is 2.63. The molecule has 0 amide bonds. The molecule has 0 aliphatic heterocycles. The Morgan fingerprint density at radius 1 is 1.31 bits per heavy atom. The lowest BCUT2D eigenvalue weighted by molar-refractivity contribution is 1.19. The summed E-state index contributed by atoms with van der Waals surface area (Å²) in [5.74, 6) is 0. The van der Waals surface area contributed by atoms with Crippen LogP contribution < -0.4 is 5.32 Å². The number of hydrogen-bond donors (Lipinski definition) is 1. The van der Waals surface area contributed by atoms with Crippen LogP contribution in [0.1, 0.15) is 9.75 Å². The molecule has 0 fully saturated rings. The van der Waals surface area contributed by atoms with E-state index in [0.717, 1.165) is 21.7 Å². The zero-order chi connectivity index (χ0) is 11.5. The molecule has 16 heavy (non-hydrogen) atoms. The Morgan fingerprint density at radius 2 is 2.12 bits per heavy atom. The van der Waals surface area contributed by atoms with Gasteiger partial charge in [-0.2, -0.15) is 0 Å². The summed E-state index contributed by atoms with van der Waals surface area (Å²) in [5.41, 5.74) is 1.04. The van der Waals surface area contributed by atoms with Crippen LogP contribution >= 0.6 is 38.9 Å². The van der Waals surface area contributed by atoms with Crippen LogP contribution in [0.5, 0.6) is 0 Å². The van der Waals surface area contributed by atoms with Gasteiger partial charge in [0.25, 0.3) is 0 Å². The molecule has 2 rings (SSSR count). The summed E-state index contributed by atoms with van der Waals surface area (Å²) in [7, 11) is 0. The highest BCUT2D eigenvalue weighted by atomic mass is 79.9. The smallest absolute Gasteiger partial charge is 0.0568 e. The van der Waals surface area contributed by atoms with Crippen LogP contribution in [0.25, 0.3) is 0 Å². The number of thiophene rings is 1. The van der Waals surface area contributed by atoms with E-state index >= 15 is 0 Å². The van der Waals surface area contributed by atoms with E-state index in [-0.39, 0.29) is 0 Å². The van der Waals surface area contributed by atoms with Crippen LogP contribution in [0.2, 0.25) is 5.02 Å². The summed E-state index contributed by atoms with van der Waals surface area (Å²) in [6, 6.07) is 10.2. The Bertz CT molecular complexity index is 496. The third kappa shape index (κ3) is 3.00. The Balaban J connectivity index is 2.02. The zero-order valence-electron chi connectivity index (χ0n) is 8.76. The Hall–Kier alpha value is -0.510. The SMILES string of the molecule is Cc1ccc(CNc2ccc(Br)c(Cl)c2)s1. The molecule has 0 radical (unpaired) electrons. The lowest BCUT2D eigenvalue weighted by Gasteiger charge is -2.05. The highest BCUT2D eigenvalue weighted by Gasteiger charge is 2.00. The molecule has 1 heterocycles. The fourth-order valence-electron chi connectivity index (χ4n) is 1.38. The molecule has 0 saturated heterocycles. The van der Waals surface area contributed by atoms with Crippen molar-refractivity contribution in [1.29, 1.82) is 0 Å². The van der Waals surface area contributed by atoms with E-state index in [9.17, 15) is 0 Å². The normalized spacial score (nSPS) is 10.4. The topological polar surface area (TPSA) is 12.0 Å². The van der Waals surface area contributed by atoms with Crippen LogP contribution in [0.4, 0.5) is 5.69 Å². The largest absolute Gasteiger partial charge is 0.380 e. The molecule has 1 nitrogen and oxygen atoms in total. The number of rotatable bonds is 3. The molecule has 1 aromatic carbocycles. The highest BCUT2D eigenvalue weighted by Crippen LogP contribution is 2.26. The van der Waals surface area contributed by atoms with Crippen molar-refractivity contribution in [2.75, 3.05) is 5.32 Å². The number of aryl methyl sites for hydroxylation is 1. The van der Waals surface area contributed by atoms with E-state index < -0.39 is 0 Å². The second kappa shape index (κ2) is 5.21. The summed E-state index contributed by atoms with van der Waals surface area (Å²) in [5, 5.41) is 4.08. The second-order valence-corrected chi connectivity index (χ2v) is 6.13. The molecule has 0 unspecified atom stereocenters. The van der Waals surface area contributed by atoms with Crippen molar-refractivity contribution in [2.45, 2.75) is 13.5 Å². The van der Waals surface area contributed by atoms with Gasteiger partial charge in [0.05, 0.1) is 5.02 Å². The maximum Gasteiger partial charge on any atom is 0.0568 e. The first-order chi connectivity index (χ1) is 7.65. The van der Waals surface area contributed by atoms with Crippen LogP contribution in [0.3, 0.4) is 0 Å². The lowest BCUT2D eigenvalue weighted by Crippen LogP contribution is -1.96. The third-order valence-corrected chi connectivity index (χ3v) is 4.42. The number of anilines is 1. The number of nitrogens with one attached hydrogen (secondary N) is 1. The van der Waals surface area contributed by atoms with Crippen LogP contribution in [0.15, 0.2) is 34.8 Å². The molecule has 1 aromatic heterocycles. The van der Waals surface area contributed by atoms with Gasteiger partial charge in [0.15, 0.2) is 0 Å². The summed E-state index contributed by atoms with van der Waals surface area (Å²) in [6.45, 7) is 2.96. The van der Waals surface area contributed by atoms with Gasteiger partial charge in [-0.15, -0.1) is 11.3 Å². The van der Waals surface area contributed by atoms with E-state index in [1.54, 1.807) is 0 Å². The van der Waals surface area contributed by atoms with Gasteiger partial charge < -0.3 is 5.32 Å². The molecule has 1 N–H and O–H groups in total. The fraction of sp³-hybridized carbons (Fsp3) is 0.167. The van der Waals surface area contributed by atoms with Crippen molar-refractivity contribution in [3.8, 4) is 0 Å². The minimum Gasteiger partial charge on any atom is -0.380 e. The van der Waals surface area contributed by atoms with Crippen LogP contribution in [-0.2, 0) is 6.54 Å². The van der Waals surface area contributed by atoms with Crippen LogP contribution in [-0.4, -0.2) is 0 Å². The first kappa shape index (κ1) is 12.0. The van der Waals surface area contributed by atoms with Crippen molar-refractivity contribution in [3.05, 3.63) is 49.6 Å². The molecule has 0 bridgehead atoms. The van der Waals surface area contributed by atoms with Gasteiger partial charge in [-0.3, -0.25) is 0 Å². The molecule has 0 saturated carbocycles. The van der Waals surface area contributed by atoms with Crippen molar-refractivity contribution >= 4 is 44.6 Å². The van der Waals surface area contributed by atoms with Gasteiger partial charge in [-0.25, -0.2) is 0 Å². The maximum absolute atomic E-state index is 6.02. The van der Waals surface area contributed by atoms with Gasteiger partial charge in [0.1, 0.15) is 0 Å². The number of benzene rings is 1. The molecule has 0 spiro atoms. The van der Waals surface area contributed by atoms with Crippen molar-refractivity contribution < 1.29 is 0 Å². The van der Waals surface area contributed by atoms with Crippen molar-refractivity contribution in [1.82, 2.24) is 0 Å². The van der Waals surface area contributed by atoms with Gasteiger partial charge in [-0.05, 0) is 53.2 Å². The summed E-state index contributed by atoms with van der Waals surface area (Å²) in [4.78, 5) is 2.67. The minimum atomic E-state index is 0.729. The summed E-state index contributed by atoms with van der Waals surface area (Å²) < 4.78 is 0.923. The molecule has 4 heteroatoms. The molecule has 2 aromatic rings. The Morgan fingerprint density at radius 3 is 2.75 bits per heavy atom. The zero-order valence-corrected chi connectivity index (χ0v) is 11.9. The van der Waals surface area contributed by atoms with Crippen molar-refractivity contribution in [3.63, 3.8) is 0 Å². The van der Waals surface area contributed by atoms with Crippen molar-refractivity contribution in [2.24, 2.45) is 0 Å². The maximum atomic E-state index is 6.02. The quantitative estimate of drug-likeness (QED) is 0.832. The number of halogens is 2. The average Bonchev–Trinajstić information content (AvgIpc) is 2.66. The predicted octanol–water partition coefficient (Wildman–Crippen LogP) is 5.08. The third-order valence-electron chi connectivity index (χ3n) is 2.18. The summed E-state index contributed by atoms with van der Waals surface area (Å²) >= 11 is 11.2. The molecular formula is C12H11BrClNS. The minimum absolute atomic E-state index is 0.729. The molecule has 0 aliphatic rings. The highest BCUT2D eigenvalue weighted by molar-refractivity contribution is 9.10. The van der Waals surface area contributed by atoms with E-state index in [0.29, 0.717) is 0 Å². The van der Waals surface area contributed by atoms with E-state index in [4.69, 9.17) is 11.6 Å². The number of hydrogen-bond acceptors (Lipinski definition) is 2. The molecule has 0 atom stereocenters. The standard InChI is InChI=1S/C12H11BrClNS/c1-8-2-4-10(16-8)7-15-9-3-5-11(13)12(14)6-9/h2-6,15H,7H2,1H3. The second-order valence-electron chi connectivity index (χ2n) is 3.49. The molecular weight excluding hydrogens is 306 g/mol. The Labute approximate surface area is 113 Å². The Kier molecular flexibility index (Phi) is 3.90. The van der Waals surface area contributed by atoms with E-state index in [1.807, 2.05) is 29.5 Å². The first-order valence-electron chi connectivity index (χ1n) is 4.89. The summed E-state index contributed by atoms with van der Waals surface area (Å²) in [6.07, 6.45) is 0. The monoisotopic (exact) mass is 315 g/mol. The van der Waals surface area contributed by atoms with E-state index in [1.165, 1.54) is 9.75 Å². The lowest BCUT2D eigenvalue weighted by atomic mass is 10.3. The predicted molar refractivity (Wildman–Crippen MR) is 75.5 cm³/mol. The van der Waals surface area contributed by atoms with Gasteiger partial charge in [0, 0.05) is 26.5 Å². The van der Waals surface area contributed by atoms with Gasteiger partial charge in [0.2, 0.25) is 0 Å². The van der Waals surface area contributed by atoms with Crippen LogP contribution in [0, 0.1) is 6.92 Å².